The van der Waals surface area contributed by atoms with Crippen LogP contribution in [0.15, 0.2) is 29.2 Å². The zero-order chi connectivity index (χ0) is 21.4. The summed E-state index contributed by atoms with van der Waals surface area (Å²) in [6.45, 7) is 2.56. The van der Waals surface area contributed by atoms with Crippen LogP contribution in [0.4, 0.5) is 4.79 Å². The molecular weight excluding hydrogens is 398 g/mol. The number of aryl methyl sites for hydroxylation is 1. The predicted octanol–water partition coefficient (Wildman–Crippen LogP) is 1.22. The first-order valence-electron chi connectivity index (χ1n) is 9.49. The number of hydrogen-bond acceptors (Lipinski definition) is 6. The maximum atomic E-state index is 12.1. The van der Waals surface area contributed by atoms with Gasteiger partial charge in [0.2, 0.25) is 10.0 Å². The fourth-order valence-electron chi connectivity index (χ4n) is 3.05. The minimum atomic E-state index is -3.87. The number of urea groups is 1. The van der Waals surface area contributed by atoms with Gasteiger partial charge in [0, 0.05) is 6.04 Å². The molecule has 0 radical (unpaired) electrons. The number of hydrogen-bond donors (Lipinski definition) is 3. The third-order valence-corrected chi connectivity index (χ3v) is 6.20. The summed E-state index contributed by atoms with van der Waals surface area (Å²) >= 11 is 0. The van der Waals surface area contributed by atoms with Gasteiger partial charge in [-0.2, -0.15) is 4.72 Å². The molecule has 0 aliphatic heterocycles. The summed E-state index contributed by atoms with van der Waals surface area (Å²) in [5.41, 5.74) is 0.899. The van der Waals surface area contributed by atoms with Crippen molar-refractivity contribution >= 4 is 27.9 Å². The molecule has 160 valence electrons. The summed E-state index contributed by atoms with van der Waals surface area (Å²) in [5, 5.41) is 4.85. The SMILES string of the molecule is Cc1ccc(S(=O)(=O)NCC(=O)OCC(=O)NC(=O)N[C@H]2CCCC[C@H]2C)cc1. The third-order valence-electron chi connectivity index (χ3n) is 4.78. The average molecular weight is 426 g/mol. The number of rotatable bonds is 7. The Kier molecular flexibility index (Phi) is 8.15. The van der Waals surface area contributed by atoms with Gasteiger partial charge >= 0.3 is 12.0 Å². The average Bonchev–Trinajstić information content (AvgIpc) is 2.67. The molecule has 29 heavy (non-hydrogen) atoms. The van der Waals surface area contributed by atoms with Crippen molar-refractivity contribution in [2.75, 3.05) is 13.2 Å². The lowest BCUT2D eigenvalue weighted by Gasteiger charge is -2.29. The van der Waals surface area contributed by atoms with Crippen molar-refractivity contribution < 1.29 is 27.5 Å². The number of imide groups is 1. The lowest BCUT2D eigenvalue weighted by atomic mass is 9.86. The zero-order valence-corrected chi connectivity index (χ0v) is 17.4. The van der Waals surface area contributed by atoms with Gasteiger partial charge in [-0.25, -0.2) is 13.2 Å². The van der Waals surface area contributed by atoms with E-state index in [-0.39, 0.29) is 10.9 Å². The van der Waals surface area contributed by atoms with Crippen LogP contribution < -0.4 is 15.4 Å². The number of benzene rings is 1. The molecule has 0 saturated heterocycles. The lowest BCUT2D eigenvalue weighted by Crippen LogP contribution is -2.48. The Morgan fingerprint density at radius 3 is 2.41 bits per heavy atom. The molecule has 2 atom stereocenters. The highest BCUT2D eigenvalue weighted by Gasteiger charge is 2.23. The molecule has 0 spiro atoms. The largest absolute Gasteiger partial charge is 0.455 e. The minimum Gasteiger partial charge on any atom is -0.455 e. The fraction of sp³-hybridized carbons (Fsp3) is 0.526. The van der Waals surface area contributed by atoms with Crippen LogP contribution in [0.3, 0.4) is 0 Å². The smallest absolute Gasteiger partial charge is 0.321 e. The molecule has 1 aliphatic rings. The van der Waals surface area contributed by atoms with E-state index in [2.05, 4.69) is 15.4 Å². The molecule has 1 aliphatic carbocycles. The number of esters is 1. The molecule has 1 saturated carbocycles. The summed E-state index contributed by atoms with van der Waals surface area (Å²) in [6.07, 6.45) is 4.04. The Labute approximate surface area is 170 Å². The van der Waals surface area contributed by atoms with Gasteiger partial charge < -0.3 is 10.1 Å². The van der Waals surface area contributed by atoms with Gasteiger partial charge in [0.1, 0.15) is 6.54 Å². The highest BCUT2D eigenvalue weighted by Crippen LogP contribution is 2.23. The Hall–Kier alpha value is -2.46. The van der Waals surface area contributed by atoms with Crippen molar-refractivity contribution in [1.29, 1.82) is 0 Å². The van der Waals surface area contributed by atoms with E-state index >= 15 is 0 Å². The van der Waals surface area contributed by atoms with Crippen LogP contribution in [-0.2, 0) is 24.3 Å². The van der Waals surface area contributed by atoms with E-state index in [4.69, 9.17) is 4.74 Å². The van der Waals surface area contributed by atoms with Crippen molar-refractivity contribution in [1.82, 2.24) is 15.4 Å². The number of sulfonamides is 1. The van der Waals surface area contributed by atoms with Gasteiger partial charge in [-0.3, -0.25) is 14.9 Å². The Bertz CT molecular complexity index is 838. The summed E-state index contributed by atoms with van der Waals surface area (Å²) in [7, 11) is -3.87. The summed E-state index contributed by atoms with van der Waals surface area (Å²) in [4.78, 5) is 35.3. The molecule has 0 aromatic heterocycles. The van der Waals surface area contributed by atoms with Crippen LogP contribution in [0.2, 0.25) is 0 Å². The molecule has 3 N–H and O–H groups in total. The first-order valence-corrected chi connectivity index (χ1v) is 11.0. The Morgan fingerprint density at radius 1 is 1.10 bits per heavy atom. The van der Waals surface area contributed by atoms with Crippen LogP contribution in [0.25, 0.3) is 0 Å². The van der Waals surface area contributed by atoms with Gasteiger partial charge in [-0.1, -0.05) is 37.5 Å². The molecular formula is C19H27N3O6S. The van der Waals surface area contributed by atoms with E-state index in [1.807, 2.05) is 13.8 Å². The van der Waals surface area contributed by atoms with Gasteiger partial charge in [0.05, 0.1) is 4.90 Å². The van der Waals surface area contributed by atoms with Gasteiger partial charge in [-0.15, -0.1) is 0 Å². The molecule has 1 aromatic rings. The van der Waals surface area contributed by atoms with Crippen molar-refractivity contribution in [2.45, 2.75) is 50.5 Å². The van der Waals surface area contributed by atoms with E-state index in [0.29, 0.717) is 5.92 Å². The van der Waals surface area contributed by atoms with Crippen LogP contribution >= 0.6 is 0 Å². The maximum absolute atomic E-state index is 12.1. The Balaban J connectivity index is 1.70. The second-order valence-electron chi connectivity index (χ2n) is 7.19. The van der Waals surface area contributed by atoms with Gasteiger partial charge in [-0.05, 0) is 37.8 Å². The summed E-state index contributed by atoms with van der Waals surface area (Å²) in [6, 6.07) is 5.48. The maximum Gasteiger partial charge on any atom is 0.321 e. The second kappa shape index (κ2) is 10.4. The van der Waals surface area contributed by atoms with E-state index in [9.17, 15) is 22.8 Å². The van der Waals surface area contributed by atoms with Gasteiger partial charge in [0.25, 0.3) is 5.91 Å². The highest BCUT2D eigenvalue weighted by atomic mass is 32.2. The normalized spacial score (nSPS) is 19.2. The fourth-order valence-corrected chi connectivity index (χ4v) is 4.02. The van der Waals surface area contributed by atoms with Crippen molar-refractivity contribution in [3.05, 3.63) is 29.8 Å². The highest BCUT2D eigenvalue weighted by molar-refractivity contribution is 7.89. The molecule has 3 amide bonds. The van der Waals surface area contributed by atoms with Crippen molar-refractivity contribution in [3.8, 4) is 0 Å². The zero-order valence-electron chi connectivity index (χ0n) is 16.6. The van der Waals surface area contributed by atoms with Gasteiger partial charge in [0.15, 0.2) is 6.61 Å². The van der Waals surface area contributed by atoms with E-state index in [0.717, 1.165) is 31.2 Å². The molecule has 2 rings (SSSR count). The molecule has 1 aromatic carbocycles. The molecule has 9 nitrogen and oxygen atoms in total. The summed E-state index contributed by atoms with van der Waals surface area (Å²) < 4.78 is 31.0. The van der Waals surface area contributed by atoms with Crippen LogP contribution in [0.1, 0.15) is 38.2 Å². The van der Waals surface area contributed by atoms with Crippen LogP contribution in [-0.4, -0.2) is 45.5 Å². The quantitative estimate of drug-likeness (QED) is 0.563. The van der Waals surface area contributed by atoms with E-state index < -0.39 is 41.1 Å². The Morgan fingerprint density at radius 2 is 1.76 bits per heavy atom. The molecule has 0 bridgehead atoms. The first-order chi connectivity index (χ1) is 13.7. The molecule has 0 heterocycles. The van der Waals surface area contributed by atoms with E-state index in [1.54, 1.807) is 12.1 Å². The standard InChI is InChI=1S/C19H27N3O6S/c1-13-7-9-15(10-8-13)29(26,27)20-11-18(24)28-12-17(23)22-19(25)21-16-6-4-3-5-14(16)2/h7-10,14,16,20H,3-6,11-12H2,1-2H3,(H2,21,22,23,25)/t14-,16+/m1/s1. The second-order valence-corrected chi connectivity index (χ2v) is 8.96. The third kappa shape index (κ3) is 7.47. The predicted molar refractivity (Wildman–Crippen MR) is 105 cm³/mol. The first kappa shape index (κ1) is 22.8. The molecule has 0 unspecified atom stereocenters. The van der Waals surface area contributed by atoms with E-state index in [1.165, 1.54) is 12.1 Å². The molecule has 10 heteroatoms. The number of amides is 3. The number of carbonyl (C=O) groups excluding carboxylic acids is 3. The number of carbonyl (C=O) groups is 3. The van der Waals surface area contributed by atoms with Crippen molar-refractivity contribution in [2.24, 2.45) is 5.92 Å². The lowest BCUT2D eigenvalue weighted by molar-refractivity contribution is -0.147. The van der Waals surface area contributed by atoms with Crippen LogP contribution in [0, 0.1) is 12.8 Å². The van der Waals surface area contributed by atoms with Crippen LogP contribution in [0.5, 0.6) is 0 Å². The minimum absolute atomic E-state index is 0.00952. The monoisotopic (exact) mass is 425 g/mol. The summed E-state index contributed by atoms with van der Waals surface area (Å²) in [5.74, 6) is -1.39. The molecule has 1 fully saturated rings. The van der Waals surface area contributed by atoms with Crippen molar-refractivity contribution in [3.63, 3.8) is 0 Å². The number of nitrogens with one attached hydrogen (secondary N) is 3. The number of ether oxygens (including phenoxy) is 1. The topological polar surface area (TPSA) is 131 Å².